The van der Waals surface area contributed by atoms with Crippen LogP contribution in [0.4, 0.5) is 4.79 Å². The zero-order valence-electron chi connectivity index (χ0n) is 15.5. The fourth-order valence-electron chi connectivity index (χ4n) is 3.88. The number of hydrogen-bond acceptors (Lipinski definition) is 4. The fourth-order valence-corrected chi connectivity index (χ4v) is 3.88. The van der Waals surface area contributed by atoms with E-state index in [1.165, 1.54) is 5.01 Å². The standard InChI is InChI=1S/C22H22N2O4/c25-20-18-13-7-8-14-19(18)21(26)24(20)23(17-11-5-2-6-12-17)22(27)28-15-16-9-3-1-4-10-16/h1,3-4,7-10,13-14,17H,2,5-6,11-12,15H2. The van der Waals surface area contributed by atoms with Gasteiger partial charge in [-0.1, -0.05) is 61.7 Å². The Morgan fingerprint density at radius 1 is 0.893 bits per heavy atom. The van der Waals surface area contributed by atoms with Crippen molar-refractivity contribution in [2.75, 3.05) is 0 Å². The summed E-state index contributed by atoms with van der Waals surface area (Å²) >= 11 is 0. The van der Waals surface area contributed by atoms with Gasteiger partial charge in [0.1, 0.15) is 6.61 Å². The van der Waals surface area contributed by atoms with Gasteiger partial charge in [-0.05, 0) is 30.5 Å². The van der Waals surface area contributed by atoms with Crippen molar-refractivity contribution in [2.24, 2.45) is 0 Å². The number of ether oxygens (including phenoxy) is 1. The van der Waals surface area contributed by atoms with E-state index in [0.717, 1.165) is 42.7 Å². The van der Waals surface area contributed by atoms with Gasteiger partial charge in [0.15, 0.2) is 0 Å². The van der Waals surface area contributed by atoms with E-state index < -0.39 is 17.9 Å². The number of carbonyl (C=O) groups excluding carboxylic acids is 3. The molecule has 144 valence electrons. The van der Waals surface area contributed by atoms with Crippen LogP contribution in [-0.4, -0.2) is 34.0 Å². The third-order valence-electron chi connectivity index (χ3n) is 5.30. The lowest BCUT2D eigenvalue weighted by molar-refractivity contribution is -0.0292. The van der Waals surface area contributed by atoms with E-state index >= 15 is 0 Å². The maximum atomic E-state index is 13.0. The number of carbonyl (C=O) groups is 3. The fraction of sp³-hybridized carbons (Fsp3) is 0.318. The van der Waals surface area contributed by atoms with Crippen molar-refractivity contribution in [2.45, 2.75) is 44.8 Å². The van der Waals surface area contributed by atoms with Crippen LogP contribution in [0.5, 0.6) is 0 Å². The van der Waals surface area contributed by atoms with Crippen LogP contribution in [0.3, 0.4) is 0 Å². The van der Waals surface area contributed by atoms with E-state index in [1.807, 2.05) is 30.3 Å². The van der Waals surface area contributed by atoms with Crippen molar-refractivity contribution in [3.8, 4) is 0 Å². The van der Waals surface area contributed by atoms with E-state index in [4.69, 9.17) is 4.74 Å². The van der Waals surface area contributed by atoms with E-state index in [1.54, 1.807) is 24.3 Å². The topological polar surface area (TPSA) is 66.9 Å². The first-order chi connectivity index (χ1) is 13.7. The molecule has 6 nitrogen and oxygen atoms in total. The van der Waals surface area contributed by atoms with Crippen molar-refractivity contribution in [1.82, 2.24) is 10.0 Å². The van der Waals surface area contributed by atoms with Gasteiger partial charge in [0, 0.05) is 0 Å². The molecule has 0 radical (unpaired) electrons. The minimum atomic E-state index is -0.662. The van der Waals surface area contributed by atoms with Crippen LogP contribution in [0.1, 0.15) is 58.4 Å². The Balaban J connectivity index is 1.60. The van der Waals surface area contributed by atoms with E-state index in [0.29, 0.717) is 11.1 Å². The van der Waals surface area contributed by atoms with Gasteiger partial charge in [0.2, 0.25) is 0 Å². The number of fused-ring (bicyclic) bond motifs is 1. The maximum Gasteiger partial charge on any atom is 0.429 e. The first-order valence-electron chi connectivity index (χ1n) is 9.64. The first-order valence-corrected chi connectivity index (χ1v) is 9.64. The van der Waals surface area contributed by atoms with Crippen molar-refractivity contribution >= 4 is 17.9 Å². The Bertz CT molecular complexity index is 855. The molecule has 0 N–H and O–H groups in total. The lowest BCUT2D eigenvalue weighted by Gasteiger charge is -2.37. The maximum absolute atomic E-state index is 13.0. The van der Waals surface area contributed by atoms with Crippen LogP contribution in [0, 0.1) is 0 Å². The molecule has 1 aliphatic carbocycles. The number of rotatable bonds is 4. The van der Waals surface area contributed by atoms with E-state index in [-0.39, 0.29) is 12.6 Å². The Labute approximate surface area is 163 Å². The molecule has 1 fully saturated rings. The molecule has 0 spiro atoms. The predicted molar refractivity (Wildman–Crippen MR) is 102 cm³/mol. The molecule has 0 bridgehead atoms. The average molecular weight is 378 g/mol. The predicted octanol–water partition coefficient (Wildman–Crippen LogP) is 4.17. The molecule has 0 saturated heterocycles. The van der Waals surface area contributed by atoms with Gasteiger partial charge in [-0.3, -0.25) is 9.59 Å². The molecule has 3 amide bonds. The van der Waals surface area contributed by atoms with Crippen LogP contribution < -0.4 is 0 Å². The number of hydrazine groups is 1. The monoisotopic (exact) mass is 378 g/mol. The smallest absolute Gasteiger partial charge is 0.429 e. The minimum Gasteiger partial charge on any atom is -0.443 e. The molecule has 0 atom stereocenters. The van der Waals surface area contributed by atoms with Crippen molar-refractivity contribution in [3.05, 3.63) is 71.3 Å². The Morgan fingerprint density at radius 3 is 2.07 bits per heavy atom. The van der Waals surface area contributed by atoms with Gasteiger partial charge in [-0.2, -0.15) is 5.01 Å². The molecule has 1 heterocycles. The highest BCUT2D eigenvalue weighted by Crippen LogP contribution is 2.30. The minimum absolute atomic E-state index is 0.0893. The zero-order valence-corrected chi connectivity index (χ0v) is 15.5. The summed E-state index contributed by atoms with van der Waals surface area (Å²) < 4.78 is 5.49. The number of benzene rings is 2. The van der Waals surface area contributed by atoms with Crippen LogP contribution in [0.15, 0.2) is 54.6 Å². The number of hydrogen-bond donors (Lipinski definition) is 0. The second kappa shape index (κ2) is 7.84. The lowest BCUT2D eigenvalue weighted by Crippen LogP contribution is -2.55. The van der Waals surface area contributed by atoms with Gasteiger partial charge in [0.05, 0.1) is 17.2 Å². The summed E-state index contributed by atoms with van der Waals surface area (Å²) in [7, 11) is 0. The molecule has 1 saturated carbocycles. The lowest BCUT2D eigenvalue weighted by atomic mass is 9.95. The van der Waals surface area contributed by atoms with E-state index in [2.05, 4.69) is 0 Å². The molecular weight excluding hydrogens is 356 g/mol. The summed E-state index contributed by atoms with van der Waals surface area (Å²) in [5.74, 6) is -0.939. The molecule has 2 aliphatic rings. The second-order valence-corrected chi connectivity index (χ2v) is 7.14. The second-order valence-electron chi connectivity index (χ2n) is 7.14. The Hall–Kier alpha value is -3.15. The van der Waals surface area contributed by atoms with Crippen LogP contribution in [0.2, 0.25) is 0 Å². The molecule has 4 rings (SSSR count). The molecule has 0 unspecified atom stereocenters. The van der Waals surface area contributed by atoms with Crippen molar-refractivity contribution in [3.63, 3.8) is 0 Å². The largest absolute Gasteiger partial charge is 0.443 e. The van der Waals surface area contributed by atoms with Crippen LogP contribution >= 0.6 is 0 Å². The highest BCUT2D eigenvalue weighted by molar-refractivity contribution is 6.21. The van der Waals surface area contributed by atoms with Gasteiger partial charge < -0.3 is 4.74 Å². The first kappa shape index (κ1) is 18.2. The van der Waals surface area contributed by atoms with E-state index in [9.17, 15) is 14.4 Å². The Kier molecular flexibility index (Phi) is 5.10. The number of amides is 3. The summed E-state index contributed by atoms with van der Waals surface area (Å²) in [6.07, 6.45) is 3.82. The molecular formula is C22H22N2O4. The average Bonchev–Trinajstić information content (AvgIpc) is 2.99. The van der Waals surface area contributed by atoms with Gasteiger partial charge in [-0.25, -0.2) is 9.80 Å². The SMILES string of the molecule is O=C1c2ccccc2C(=O)N1N(C(=O)OCc1ccccc1)C1CCCCC1. The molecule has 2 aromatic carbocycles. The number of imide groups is 1. The van der Waals surface area contributed by atoms with Crippen LogP contribution in [-0.2, 0) is 11.3 Å². The van der Waals surface area contributed by atoms with Gasteiger partial charge in [0.25, 0.3) is 11.8 Å². The summed E-state index contributed by atoms with van der Waals surface area (Å²) in [5, 5.41) is 2.24. The quantitative estimate of drug-likeness (QED) is 0.749. The molecule has 28 heavy (non-hydrogen) atoms. The molecule has 0 aromatic heterocycles. The van der Waals surface area contributed by atoms with Crippen molar-refractivity contribution in [1.29, 1.82) is 0 Å². The molecule has 1 aliphatic heterocycles. The van der Waals surface area contributed by atoms with Gasteiger partial charge >= 0.3 is 6.09 Å². The third kappa shape index (κ3) is 3.38. The van der Waals surface area contributed by atoms with Crippen molar-refractivity contribution < 1.29 is 19.1 Å². The highest BCUT2D eigenvalue weighted by Gasteiger charge is 2.44. The molecule has 2 aromatic rings. The summed E-state index contributed by atoms with van der Waals surface area (Å²) in [5.41, 5.74) is 1.50. The summed E-state index contributed by atoms with van der Waals surface area (Å²) in [4.78, 5) is 38.9. The van der Waals surface area contributed by atoms with Gasteiger partial charge in [-0.15, -0.1) is 0 Å². The summed E-state index contributed by atoms with van der Waals surface area (Å²) in [6.45, 7) is 0.0893. The molecule has 6 heteroatoms. The number of nitrogens with zero attached hydrogens (tertiary/aromatic N) is 2. The normalized spacial score (nSPS) is 16.8. The Morgan fingerprint density at radius 2 is 1.46 bits per heavy atom. The highest BCUT2D eigenvalue weighted by atomic mass is 16.6. The summed E-state index contributed by atoms with van der Waals surface area (Å²) in [6, 6.07) is 15.8. The zero-order chi connectivity index (χ0) is 19.5. The van der Waals surface area contributed by atoms with Crippen LogP contribution in [0.25, 0.3) is 0 Å². The third-order valence-corrected chi connectivity index (χ3v) is 5.30.